The number of piperazine rings is 1. The highest BCUT2D eigenvalue weighted by molar-refractivity contribution is 6.30. The molecule has 6 heteroatoms. The highest BCUT2D eigenvalue weighted by Crippen LogP contribution is 2.16. The van der Waals surface area contributed by atoms with Crippen LogP contribution in [0.5, 0.6) is 0 Å². The molecule has 0 atom stereocenters. The number of carbonyl (C=O) groups excluding carboxylic acids is 2. The number of anilines is 1. The van der Waals surface area contributed by atoms with Crippen LogP contribution in [0.1, 0.15) is 15.9 Å². The molecule has 27 heavy (non-hydrogen) atoms. The fourth-order valence-corrected chi connectivity index (χ4v) is 3.26. The molecule has 1 heterocycles. The summed E-state index contributed by atoms with van der Waals surface area (Å²) in [7, 11) is 3.94. The number of halogens is 1. The Kier molecular flexibility index (Phi) is 6.01. The largest absolute Gasteiger partial charge is 0.378 e. The third-order valence-corrected chi connectivity index (χ3v) is 5.07. The van der Waals surface area contributed by atoms with E-state index in [-0.39, 0.29) is 11.8 Å². The average Bonchev–Trinajstić information content (AvgIpc) is 2.69. The number of benzene rings is 2. The topological polar surface area (TPSA) is 43.9 Å². The van der Waals surface area contributed by atoms with E-state index in [0.717, 1.165) is 11.3 Å². The molecule has 3 rings (SSSR count). The van der Waals surface area contributed by atoms with Crippen LogP contribution in [0.4, 0.5) is 5.69 Å². The van der Waals surface area contributed by atoms with E-state index in [0.29, 0.717) is 43.2 Å². The zero-order chi connectivity index (χ0) is 19.4. The maximum absolute atomic E-state index is 12.7. The van der Waals surface area contributed by atoms with Crippen molar-refractivity contribution >= 4 is 29.1 Å². The van der Waals surface area contributed by atoms with Crippen LogP contribution in [0, 0.1) is 0 Å². The molecule has 0 radical (unpaired) electrons. The molecule has 2 amide bonds. The van der Waals surface area contributed by atoms with Crippen molar-refractivity contribution in [2.24, 2.45) is 0 Å². The summed E-state index contributed by atoms with van der Waals surface area (Å²) in [6, 6.07) is 14.9. The van der Waals surface area contributed by atoms with E-state index >= 15 is 0 Å². The Hall–Kier alpha value is -2.53. The molecule has 0 spiro atoms. The highest BCUT2D eigenvalue weighted by atomic mass is 35.5. The van der Waals surface area contributed by atoms with Crippen molar-refractivity contribution < 1.29 is 9.59 Å². The van der Waals surface area contributed by atoms with Gasteiger partial charge in [-0.25, -0.2) is 0 Å². The Bertz CT molecular complexity index is 795. The lowest BCUT2D eigenvalue weighted by atomic mass is 10.1. The second-order valence-corrected chi connectivity index (χ2v) is 7.35. The van der Waals surface area contributed by atoms with Gasteiger partial charge >= 0.3 is 0 Å². The summed E-state index contributed by atoms with van der Waals surface area (Å²) >= 11 is 5.88. The predicted octanol–water partition coefficient (Wildman–Crippen LogP) is 2.93. The second kappa shape index (κ2) is 8.44. The van der Waals surface area contributed by atoms with Crippen LogP contribution in [0.2, 0.25) is 5.02 Å². The summed E-state index contributed by atoms with van der Waals surface area (Å²) in [6.07, 6.45) is 0.358. The Morgan fingerprint density at radius 3 is 2.00 bits per heavy atom. The fourth-order valence-electron chi connectivity index (χ4n) is 3.13. The van der Waals surface area contributed by atoms with Gasteiger partial charge in [0, 0.05) is 56.5 Å². The van der Waals surface area contributed by atoms with Crippen molar-refractivity contribution in [3.8, 4) is 0 Å². The van der Waals surface area contributed by atoms with Crippen LogP contribution in [-0.4, -0.2) is 61.9 Å². The number of rotatable bonds is 4. The predicted molar refractivity (Wildman–Crippen MR) is 108 cm³/mol. The quantitative estimate of drug-likeness (QED) is 0.812. The molecule has 1 saturated heterocycles. The Morgan fingerprint density at radius 2 is 1.44 bits per heavy atom. The third-order valence-electron chi connectivity index (χ3n) is 4.82. The molecule has 5 nitrogen and oxygen atoms in total. The maximum Gasteiger partial charge on any atom is 0.253 e. The summed E-state index contributed by atoms with van der Waals surface area (Å²) in [5.41, 5.74) is 2.69. The number of carbonyl (C=O) groups is 2. The average molecular weight is 386 g/mol. The minimum absolute atomic E-state index is 0.0186. The van der Waals surface area contributed by atoms with Crippen molar-refractivity contribution in [3.05, 3.63) is 64.7 Å². The van der Waals surface area contributed by atoms with Crippen molar-refractivity contribution in [1.82, 2.24) is 9.80 Å². The standard InChI is InChI=1S/C21H24ClN3O2/c1-23(2)19-9-5-17(6-10-19)21(27)25-13-11-24(12-14-25)20(26)15-16-3-7-18(22)8-4-16/h3-10H,11-15H2,1-2H3. The molecule has 1 fully saturated rings. The minimum atomic E-state index is 0.0186. The van der Waals surface area contributed by atoms with Gasteiger partial charge in [-0.15, -0.1) is 0 Å². The van der Waals surface area contributed by atoms with E-state index in [1.54, 1.807) is 12.1 Å². The molecule has 2 aromatic rings. The first kappa shape index (κ1) is 19.2. The van der Waals surface area contributed by atoms with Gasteiger partial charge in [0.1, 0.15) is 0 Å². The van der Waals surface area contributed by atoms with E-state index in [9.17, 15) is 9.59 Å². The van der Waals surface area contributed by atoms with E-state index in [1.165, 1.54) is 0 Å². The monoisotopic (exact) mass is 385 g/mol. The van der Waals surface area contributed by atoms with Crippen LogP contribution in [0.3, 0.4) is 0 Å². The molecular formula is C21H24ClN3O2. The molecule has 1 aliphatic rings. The van der Waals surface area contributed by atoms with E-state index in [2.05, 4.69) is 0 Å². The smallest absolute Gasteiger partial charge is 0.253 e. The molecule has 142 valence electrons. The molecule has 0 saturated carbocycles. The molecule has 2 aromatic carbocycles. The molecule has 0 N–H and O–H groups in total. The summed E-state index contributed by atoms with van der Waals surface area (Å²) in [5.74, 6) is 0.102. The van der Waals surface area contributed by atoms with Crippen LogP contribution < -0.4 is 4.90 Å². The summed E-state index contributed by atoms with van der Waals surface area (Å²) in [6.45, 7) is 2.24. The first-order valence-electron chi connectivity index (χ1n) is 9.03. The summed E-state index contributed by atoms with van der Waals surface area (Å²) in [4.78, 5) is 30.8. The van der Waals surface area contributed by atoms with Crippen LogP contribution in [0.25, 0.3) is 0 Å². The zero-order valence-corrected chi connectivity index (χ0v) is 16.4. The van der Waals surface area contributed by atoms with Crippen molar-refractivity contribution in [3.63, 3.8) is 0 Å². The number of amides is 2. The van der Waals surface area contributed by atoms with Gasteiger partial charge < -0.3 is 14.7 Å². The van der Waals surface area contributed by atoms with Gasteiger partial charge in [0.2, 0.25) is 5.91 Å². The van der Waals surface area contributed by atoms with Crippen LogP contribution in [0.15, 0.2) is 48.5 Å². The van der Waals surface area contributed by atoms with Crippen molar-refractivity contribution in [2.75, 3.05) is 45.2 Å². The number of nitrogens with zero attached hydrogens (tertiary/aromatic N) is 3. The van der Waals surface area contributed by atoms with Gasteiger partial charge in [-0.2, -0.15) is 0 Å². The number of hydrogen-bond donors (Lipinski definition) is 0. The maximum atomic E-state index is 12.7. The zero-order valence-electron chi connectivity index (χ0n) is 15.7. The molecule has 0 bridgehead atoms. The SMILES string of the molecule is CN(C)c1ccc(C(=O)N2CCN(C(=O)Cc3ccc(Cl)cc3)CC2)cc1. The van der Waals surface area contributed by atoms with Gasteiger partial charge in [-0.3, -0.25) is 9.59 Å². The summed E-state index contributed by atoms with van der Waals surface area (Å²) < 4.78 is 0. The summed E-state index contributed by atoms with van der Waals surface area (Å²) in [5, 5.41) is 0.664. The second-order valence-electron chi connectivity index (χ2n) is 6.92. The molecule has 1 aliphatic heterocycles. The Balaban J connectivity index is 1.54. The van der Waals surface area contributed by atoms with E-state index in [4.69, 9.17) is 11.6 Å². The van der Waals surface area contributed by atoms with Crippen molar-refractivity contribution in [2.45, 2.75) is 6.42 Å². The van der Waals surface area contributed by atoms with Gasteiger partial charge in [0.25, 0.3) is 5.91 Å². The van der Waals surface area contributed by atoms with Gasteiger partial charge in [0.15, 0.2) is 0 Å². The van der Waals surface area contributed by atoms with Crippen LogP contribution >= 0.6 is 11.6 Å². The fraction of sp³-hybridized carbons (Fsp3) is 0.333. The third kappa shape index (κ3) is 4.80. The molecule has 0 unspecified atom stereocenters. The molecule has 0 aliphatic carbocycles. The lowest BCUT2D eigenvalue weighted by molar-refractivity contribution is -0.131. The lowest BCUT2D eigenvalue weighted by Crippen LogP contribution is -2.51. The first-order valence-corrected chi connectivity index (χ1v) is 9.41. The first-order chi connectivity index (χ1) is 12.9. The Labute approximate surface area is 165 Å². The van der Waals surface area contributed by atoms with Crippen LogP contribution in [-0.2, 0) is 11.2 Å². The minimum Gasteiger partial charge on any atom is -0.378 e. The molecular weight excluding hydrogens is 362 g/mol. The normalized spacial score (nSPS) is 14.2. The van der Waals surface area contributed by atoms with Gasteiger partial charge in [0.05, 0.1) is 6.42 Å². The van der Waals surface area contributed by atoms with Gasteiger partial charge in [-0.05, 0) is 42.0 Å². The van der Waals surface area contributed by atoms with Crippen molar-refractivity contribution in [1.29, 1.82) is 0 Å². The number of hydrogen-bond acceptors (Lipinski definition) is 3. The Morgan fingerprint density at radius 1 is 0.889 bits per heavy atom. The molecule has 0 aromatic heterocycles. The lowest BCUT2D eigenvalue weighted by Gasteiger charge is -2.35. The van der Waals surface area contributed by atoms with Gasteiger partial charge in [-0.1, -0.05) is 23.7 Å². The van der Waals surface area contributed by atoms with E-state index in [1.807, 2.05) is 65.2 Å². The van der Waals surface area contributed by atoms with E-state index < -0.39 is 0 Å². The highest BCUT2D eigenvalue weighted by Gasteiger charge is 2.24.